The zero-order valence-electron chi connectivity index (χ0n) is 6.18. The van der Waals surface area contributed by atoms with E-state index in [0.29, 0.717) is 5.69 Å². The normalized spacial score (nSPS) is 26.2. The van der Waals surface area contributed by atoms with Gasteiger partial charge in [0.15, 0.2) is 18.4 Å². The lowest BCUT2D eigenvalue weighted by Crippen LogP contribution is -2.30. The Labute approximate surface area is 69.2 Å². The first-order valence-electron chi connectivity index (χ1n) is 3.56. The molecule has 12 heavy (non-hydrogen) atoms. The fourth-order valence-electron chi connectivity index (χ4n) is 1.10. The Morgan fingerprint density at radius 1 is 1.58 bits per heavy atom. The van der Waals surface area contributed by atoms with Crippen LogP contribution in [0.5, 0.6) is 0 Å². The SMILES string of the molecule is N#CC1OC1c1cccc[n+]1[O-]. The summed E-state index contributed by atoms with van der Waals surface area (Å²) in [6.07, 6.45) is 0.632. The van der Waals surface area contributed by atoms with E-state index in [1.807, 2.05) is 6.07 Å². The zero-order chi connectivity index (χ0) is 8.55. The third-order valence-corrected chi connectivity index (χ3v) is 1.76. The molecule has 4 heteroatoms. The molecular formula is C8H6N2O2. The molecule has 0 aromatic carbocycles. The number of epoxide rings is 1. The van der Waals surface area contributed by atoms with Crippen LogP contribution in [0, 0.1) is 16.5 Å². The second-order valence-corrected chi connectivity index (χ2v) is 2.56. The molecule has 2 atom stereocenters. The van der Waals surface area contributed by atoms with Gasteiger partial charge in [-0.2, -0.15) is 9.99 Å². The van der Waals surface area contributed by atoms with Gasteiger partial charge in [0.25, 0.3) is 0 Å². The van der Waals surface area contributed by atoms with Crippen LogP contribution in [-0.4, -0.2) is 6.10 Å². The van der Waals surface area contributed by atoms with Crippen molar-refractivity contribution >= 4 is 0 Å². The first kappa shape index (κ1) is 7.07. The predicted octanol–water partition coefficient (Wildman–Crippen LogP) is 0.283. The van der Waals surface area contributed by atoms with E-state index < -0.39 is 6.10 Å². The summed E-state index contributed by atoms with van der Waals surface area (Å²) in [5, 5.41) is 19.5. The van der Waals surface area contributed by atoms with Crippen molar-refractivity contribution in [3.63, 3.8) is 0 Å². The van der Waals surface area contributed by atoms with E-state index in [0.717, 1.165) is 4.73 Å². The topological polar surface area (TPSA) is 63.3 Å². The van der Waals surface area contributed by atoms with Gasteiger partial charge in [-0.05, 0) is 6.07 Å². The van der Waals surface area contributed by atoms with Crippen LogP contribution in [0.1, 0.15) is 11.8 Å². The molecule has 1 fully saturated rings. The molecule has 2 heterocycles. The van der Waals surface area contributed by atoms with Gasteiger partial charge in [-0.15, -0.1) is 0 Å². The van der Waals surface area contributed by atoms with Crippen molar-refractivity contribution in [1.29, 1.82) is 5.26 Å². The number of aromatic nitrogens is 1. The van der Waals surface area contributed by atoms with Crippen LogP contribution in [0.15, 0.2) is 24.4 Å². The lowest BCUT2D eigenvalue weighted by Gasteiger charge is -1.98. The smallest absolute Gasteiger partial charge is 0.225 e. The summed E-state index contributed by atoms with van der Waals surface area (Å²) in [5.74, 6) is 0. The van der Waals surface area contributed by atoms with E-state index in [9.17, 15) is 5.21 Å². The second-order valence-electron chi connectivity index (χ2n) is 2.56. The molecule has 1 aromatic heterocycles. The fraction of sp³-hybridized carbons (Fsp3) is 0.250. The summed E-state index contributed by atoms with van der Waals surface area (Å²) in [7, 11) is 0. The Balaban J connectivity index is 2.26. The quantitative estimate of drug-likeness (QED) is 0.338. The lowest BCUT2D eigenvalue weighted by molar-refractivity contribution is -0.615. The van der Waals surface area contributed by atoms with Crippen LogP contribution in [0.2, 0.25) is 0 Å². The fourth-order valence-corrected chi connectivity index (χ4v) is 1.10. The molecule has 2 unspecified atom stereocenters. The molecule has 0 saturated carbocycles. The largest absolute Gasteiger partial charge is 0.618 e. The second kappa shape index (κ2) is 2.47. The van der Waals surface area contributed by atoms with Crippen molar-refractivity contribution in [3.05, 3.63) is 35.3 Å². The molecule has 0 spiro atoms. The molecule has 4 nitrogen and oxygen atoms in total. The third-order valence-electron chi connectivity index (χ3n) is 1.76. The molecule has 0 amide bonds. The van der Waals surface area contributed by atoms with E-state index in [-0.39, 0.29) is 6.10 Å². The van der Waals surface area contributed by atoms with Gasteiger partial charge < -0.3 is 9.94 Å². The van der Waals surface area contributed by atoms with Gasteiger partial charge in [-0.1, -0.05) is 0 Å². The number of pyridine rings is 1. The number of hydrogen-bond donors (Lipinski definition) is 0. The minimum Gasteiger partial charge on any atom is -0.618 e. The van der Waals surface area contributed by atoms with Crippen LogP contribution in [-0.2, 0) is 4.74 Å². The average molecular weight is 162 g/mol. The van der Waals surface area contributed by atoms with Crippen molar-refractivity contribution in [2.45, 2.75) is 12.2 Å². The summed E-state index contributed by atoms with van der Waals surface area (Å²) in [4.78, 5) is 0. The monoisotopic (exact) mass is 162 g/mol. The number of rotatable bonds is 1. The molecule has 60 valence electrons. The predicted molar refractivity (Wildman–Crippen MR) is 38.6 cm³/mol. The molecule has 2 rings (SSSR count). The summed E-state index contributed by atoms with van der Waals surface area (Å²) >= 11 is 0. The number of ether oxygens (including phenoxy) is 1. The van der Waals surface area contributed by atoms with Gasteiger partial charge in [0.1, 0.15) is 0 Å². The van der Waals surface area contributed by atoms with Crippen molar-refractivity contribution in [1.82, 2.24) is 0 Å². The number of hydrogen-bond acceptors (Lipinski definition) is 3. The maximum absolute atomic E-state index is 11.1. The maximum Gasteiger partial charge on any atom is 0.225 e. The van der Waals surface area contributed by atoms with Crippen molar-refractivity contribution in [2.24, 2.45) is 0 Å². The minimum atomic E-state index is -0.437. The van der Waals surface area contributed by atoms with Crippen molar-refractivity contribution < 1.29 is 9.47 Å². The Morgan fingerprint density at radius 2 is 2.42 bits per heavy atom. The average Bonchev–Trinajstić information content (AvgIpc) is 2.84. The summed E-state index contributed by atoms with van der Waals surface area (Å²) in [6, 6.07) is 6.99. The highest BCUT2D eigenvalue weighted by Crippen LogP contribution is 2.35. The summed E-state index contributed by atoms with van der Waals surface area (Å²) in [6.45, 7) is 0. The number of nitrogens with zero attached hydrogens (tertiary/aromatic N) is 2. The van der Waals surface area contributed by atoms with E-state index in [1.54, 1.807) is 18.2 Å². The summed E-state index contributed by atoms with van der Waals surface area (Å²) in [5.41, 5.74) is 0.504. The van der Waals surface area contributed by atoms with Crippen LogP contribution in [0.4, 0.5) is 0 Å². The zero-order valence-corrected chi connectivity index (χ0v) is 6.18. The Hall–Kier alpha value is -1.60. The van der Waals surface area contributed by atoms with Crippen LogP contribution >= 0.6 is 0 Å². The molecule has 1 aliphatic heterocycles. The van der Waals surface area contributed by atoms with E-state index in [2.05, 4.69) is 0 Å². The maximum atomic E-state index is 11.1. The highest BCUT2D eigenvalue weighted by molar-refractivity contribution is 5.14. The van der Waals surface area contributed by atoms with Gasteiger partial charge in [0.05, 0.1) is 6.07 Å². The van der Waals surface area contributed by atoms with Crippen LogP contribution in [0.25, 0.3) is 0 Å². The van der Waals surface area contributed by atoms with E-state index >= 15 is 0 Å². The van der Waals surface area contributed by atoms with Crippen molar-refractivity contribution in [3.8, 4) is 6.07 Å². The molecule has 0 bridgehead atoms. The molecule has 0 N–H and O–H groups in total. The first-order chi connectivity index (χ1) is 5.83. The van der Waals surface area contributed by atoms with E-state index in [1.165, 1.54) is 6.20 Å². The molecule has 0 aliphatic carbocycles. The van der Waals surface area contributed by atoms with Crippen LogP contribution in [0.3, 0.4) is 0 Å². The van der Waals surface area contributed by atoms with Crippen molar-refractivity contribution in [2.75, 3.05) is 0 Å². The molecule has 0 radical (unpaired) electrons. The lowest BCUT2D eigenvalue weighted by atomic mass is 10.2. The van der Waals surface area contributed by atoms with Crippen LogP contribution < -0.4 is 4.73 Å². The highest BCUT2D eigenvalue weighted by atomic mass is 16.6. The Morgan fingerprint density at radius 3 is 3.00 bits per heavy atom. The molecule has 1 saturated heterocycles. The minimum absolute atomic E-state index is 0.325. The third kappa shape index (κ3) is 1.00. The summed E-state index contributed by atoms with van der Waals surface area (Å²) < 4.78 is 5.68. The Bertz CT molecular complexity index is 345. The van der Waals surface area contributed by atoms with Gasteiger partial charge in [-0.25, -0.2) is 0 Å². The van der Waals surface area contributed by atoms with E-state index in [4.69, 9.17) is 10.00 Å². The highest BCUT2D eigenvalue weighted by Gasteiger charge is 2.45. The van der Waals surface area contributed by atoms with Gasteiger partial charge in [0, 0.05) is 12.1 Å². The van der Waals surface area contributed by atoms with Gasteiger partial charge >= 0.3 is 0 Å². The Kier molecular flexibility index (Phi) is 1.45. The van der Waals surface area contributed by atoms with Gasteiger partial charge in [-0.3, -0.25) is 0 Å². The molecule has 1 aromatic rings. The standard InChI is InChI=1S/C8H6N2O2/c9-5-7-8(12-7)6-3-1-2-4-10(6)11/h1-4,7-8H. The molecule has 1 aliphatic rings. The number of nitriles is 1. The first-order valence-corrected chi connectivity index (χ1v) is 3.56. The van der Waals surface area contributed by atoms with Gasteiger partial charge in [0.2, 0.25) is 5.69 Å². The molecular weight excluding hydrogens is 156 g/mol.